The Morgan fingerprint density at radius 2 is 0.609 bits per heavy atom. The number of fused-ring (bicyclic) bond motifs is 18. The topological polar surface area (TPSA) is 95.6 Å². The highest BCUT2D eigenvalue weighted by molar-refractivity contribution is 6.16. The Hall–Kier alpha value is -12.8. The van der Waals surface area contributed by atoms with Gasteiger partial charge in [-0.1, -0.05) is 146 Å². The number of rotatable bonds is 7. The molecule has 426 valence electrons. The van der Waals surface area contributed by atoms with Gasteiger partial charge in [-0.05, 0) is 156 Å². The molecule has 0 aliphatic heterocycles. The van der Waals surface area contributed by atoms with Gasteiger partial charge in [-0.2, -0.15) is 10.2 Å². The molecule has 0 bridgehead atoms. The summed E-state index contributed by atoms with van der Waals surface area (Å²) in [6.45, 7) is 0. The van der Waals surface area contributed by atoms with Crippen LogP contribution in [0.1, 0.15) is 5.56 Å². The van der Waals surface area contributed by atoms with Crippen molar-refractivity contribution in [1.82, 2.24) is 28.2 Å². The number of benzene rings is 13. The number of nitriles is 1. The third kappa shape index (κ3) is 7.34. The van der Waals surface area contributed by atoms with Gasteiger partial charge in [0, 0.05) is 87.6 Å². The van der Waals surface area contributed by atoms with Crippen LogP contribution >= 0.6 is 0 Å². The predicted molar refractivity (Wildman–Crippen MR) is 375 cm³/mol. The minimum atomic E-state index is 0.532. The highest BCUT2D eigenvalue weighted by Crippen LogP contribution is 2.43. The lowest BCUT2D eigenvalue weighted by Gasteiger charge is -2.14. The van der Waals surface area contributed by atoms with E-state index in [0.717, 1.165) is 160 Å². The summed E-state index contributed by atoms with van der Waals surface area (Å²) < 4.78 is 21.7. The summed E-state index contributed by atoms with van der Waals surface area (Å²) in [4.78, 5) is 11.1. The van der Waals surface area contributed by atoms with Crippen LogP contribution in [-0.4, -0.2) is 28.2 Å². The molecule has 0 aliphatic rings. The van der Waals surface area contributed by atoms with E-state index in [1.165, 1.54) is 21.5 Å². The fourth-order valence-corrected chi connectivity index (χ4v) is 14.8. The zero-order chi connectivity index (χ0) is 60.3. The molecule has 0 amide bonds. The quantitative estimate of drug-likeness (QED) is 0.158. The molecule has 0 unspecified atom stereocenters. The molecule has 0 fully saturated rings. The van der Waals surface area contributed by atoms with Crippen LogP contribution < -0.4 is 0 Å². The van der Waals surface area contributed by atoms with Crippen LogP contribution in [-0.2, 0) is 0 Å². The van der Waals surface area contributed by atoms with Crippen molar-refractivity contribution in [3.63, 3.8) is 0 Å². The van der Waals surface area contributed by atoms with Gasteiger partial charge in [0.1, 0.15) is 28.1 Å². The Kier molecular flexibility index (Phi) is 10.4. The molecule has 92 heavy (non-hydrogen) atoms. The van der Waals surface area contributed by atoms with Crippen molar-refractivity contribution in [1.29, 1.82) is 5.26 Å². The Labute approximate surface area is 523 Å². The molecule has 0 aliphatic carbocycles. The Bertz CT molecular complexity index is 6230. The number of para-hydroxylation sites is 6. The maximum Gasteiger partial charge on any atom is 0.237 e. The minimum Gasteiger partial charge on any atom is -0.456 e. The molecule has 0 spiro atoms. The van der Waals surface area contributed by atoms with Gasteiger partial charge in [-0.15, -0.1) is 0 Å². The molecule has 13 aromatic carbocycles. The molecule has 7 aromatic heterocycles. The van der Waals surface area contributed by atoms with Crippen molar-refractivity contribution < 1.29 is 8.83 Å². The standard InChI is InChI=1S/C83H47N7O2/c84-48-49-25-27-50(28-26-49)69-47-82(89-72-21-9-3-15-59(72)65-43-53(31-37-76(65)89)51-29-35-74-63(41-51)57-13-1-7-19-70(57)87(74)55-33-39-80-67(45-55)61-17-5-11-23-78(61)91-80)86-83(85-69)90-73-22-10-4-16-60(73)66-44-54(32-38-77(66)90)52-30-36-75-64(42-52)58-14-2-8-20-71(58)88(75)56-34-40-81-68(46-56)62-18-6-12-24-79(62)92-81/h1-47H. The van der Waals surface area contributed by atoms with Crippen molar-refractivity contribution in [3.8, 4) is 62.7 Å². The normalized spacial score (nSPS) is 12.1. The molecule has 0 saturated carbocycles. The largest absolute Gasteiger partial charge is 0.456 e. The van der Waals surface area contributed by atoms with Gasteiger partial charge in [-0.3, -0.25) is 9.13 Å². The first kappa shape index (κ1) is 50.3. The predicted octanol–water partition coefficient (Wildman–Crippen LogP) is 21.5. The first-order valence-corrected chi connectivity index (χ1v) is 30.9. The summed E-state index contributed by atoms with van der Waals surface area (Å²) in [5, 5.41) is 23.4. The summed E-state index contributed by atoms with van der Waals surface area (Å²) in [6, 6.07) is 103. The first-order chi connectivity index (χ1) is 45.5. The summed E-state index contributed by atoms with van der Waals surface area (Å²) in [6.07, 6.45) is 0. The molecule has 20 aromatic rings. The van der Waals surface area contributed by atoms with Crippen molar-refractivity contribution in [3.05, 3.63) is 291 Å². The summed E-state index contributed by atoms with van der Waals surface area (Å²) in [7, 11) is 0. The molecule has 0 saturated heterocycles. The smallest absolute Gasteiger partial charge is 0.237 e. The maximum atomic E-state index is 9.90. The average Bonchev–Trinajstić information content (AvgIpc) is 1.60. The van der Waals surface area contributed by atoms with E-state index in [1.54, 1.807) is 0 Å². The number of hydrogen-bond acceptors (Lipinski definition) is 5. The van der Waals surface area contributed by atoms with E-state index in [2.05, 4.69) is 261 Å². The fraction of sp³-hybridized carbons (Fsp3) is 0. The van der Waals surface area contributed by atoms with Crippen LogP contribution in [0.15, 0.2) is 294 Å². The van der Waals surface area contributed by atoms with Gasteiger partial charge in [0.25, 0.3) is 0 Å². The van der Waals surface area contributed by atoms with Gasteiger partial charge < -0.3 is 18.0 Å². The van der Waals surface area contributed by atoms with E-state index >= 15 is 0 Å². The lowest BCUT2D eigenvalue weighted by Crippen LogP contribution is -2.07. The number of furan rings is 2. The molecule has 7 heterocycles. The van der Waals surface area contributed by atoms with Crippen LogP contribution in [0.25, 0.3) is 188 Å². The molecule has 0 N–H and O–H groups in total. The van der Waals surface area contributed by atoms with Gasteiger partial charge in [0.05, 0.1) is 61.5 Å². The maximum absolute atomic E-state index is 9.90. The van der Waals surface area contributed by atoms with E-state index in [4.69, 9.17) is 18.8 Å². The van der Waals surface area contributed by atoms with E-state index in [-0.39, 0.29) is 0 Å². The molecule has 20 rings (SSSR count). The second-order valence-corrected chi connectivity index (χ2v) is 24.0. The molecular formula is C83H47N7O2. The lowest BCUT2D eigenvalue weighted by molar-refractivity contribution is 0.668. The monoisotopic (exact) mass is 1170 g/mol. The van der Waals surface area contributed by atoms with Gasteiger partial charge in [-0.25, -0.2) is 4.98 Å². The zero-order valence-corrected chi connectivity index (χ0v) is 49.1. The summed E-state index contributed by atoms with van der Waals surface area (Å²) >= 11 is 0. The molecule has 0 radical (unpaired) electrons. The zero-order valence-electron chi connectivity index (χ0n) is 49.1. The summed E-state index contributed by atoms with van der Waals surface area (Å²) in [5.74, 6) is 1.25. The second-order valence-electron chi connectivity index (χ2n) is 24.0. The van der Waals surface area contributed by atoms with Gasteiger partial charge >= 0.3 is 0 Å². The van der Waals surface area contributed by atoms with Crippen LogP contribution in [0.4, 0.5) is 0 Å². The van der Waals surface area contributed by atoms with E-state index in [1.807, 2.05) is 48.5 Å². The number of aromatic nitrogens is 6. The fourth-order valence-electron chi connectivity index (χ4n) is 14.8. The van der Waals surface area contributed by atoms with Crippen molar-refractivity contribution in [2.24, 2.45) is 0 Å². The Morgan fingerprint density at radius 1 is 0.261 bits per heavy atom. The van der Waals surface area contributed by atoms with E-state index in [0.29, 0.717) is 11.5 Å². The minimum absolute atomic E-state index is 0.532. The number of hydrogen-bond donors (Lipinski definition) is 0. The van der Waals surface area contributed by atoms with Crippen LogP contribution in [0.3, 0.4) is 0 Å². The Morgan fingerprint density at radius 3 is 1.05 bits per heavy atom. The third-order valence-corrected chi connectivity index (χ3v) is 19.0. The SMILES string of the molecule is N#Cc1ccc(-c2cc(-n3c4ccccc4c4cc(-c5ccc6c(c5)c5ccccc5n6-c5ccc6oc7ccccc7c6c5)ccc43)nc(-n3c4ccccc4c4cc(-c5ccc6c(c5)c5ccccc5n6-c5ccc6oc7ccccc7c6c5)ccc43)n2)cc1. The highest BCUT2D eigenvalue weighted by atomic mass is 16.3. The van der Waals surface area contributed by atoms with Crippen LogP contribution in [0.5, 0.6) is 0 Å². The molecule has 9 nitrogen and oxygen atoms in total. The van der Waals surface area contributed by atoms with Crippen molar-refractivity contribution in [2.75, 3.05) is 0 Å². The van der Waals surface area contributed by atoms with E-state index < -0.39 is 0 Å². The van der Waals surface area contributed by atoms with Gasteiger partial charge in [0.15, 0.2) is 0 Å². The second kappa shape index (κ2) is 19.1. The van der Waals surface area contributed by atoms with E-state index in [9.17, 15) is 5.26 Å². The third-order valence-electron chi connectivity index (χ3n) is 19.0. The highest BCUT2D eigenvalue weighted by Gasteiger charge is 2.23. The van der Waals surface area contributed by atoms with Crippen molar-refractivity contribution >= 4 is 131 Å². The Balaban J connectivity index is 0.724. The molecular weight excluding hydrogens is 1130 g/mol. The first-order valence-electron chi connectivity index (χ1n) is 30.9. The van der Waals surface area contributed by atoms with Gasteiger partial charge in [0.2, 0.25) is 5.95 Å². The lowest BCUT2D eigenvalue weighted by atomic mass is 10.0. The number of nitrogens with zero attached hydrogens (tertiary/aromatic N) is 7. The molecule has 0 atom stereocenters. The molecule has 9 heteroatoms. The van der Waals surface area contributed by atoms with Crippen LogP contribution in [0, 0.1) is 11.3 Å². The van der Waals surface area contributed by atoms with Crippen LogP contribution in [0.2, 0.25) is 0 Å². The average molecular weight is 1170 g/mol. The summed E-state index contributed by atoms with van der Waals surface area (Å²) in [5.41, 5.74) is 20.9. The van der Waals surface area contributed by atoms with Crippen molar-refractivity contribution in [2.45, 2.75) is 0 Å².